The van der Waals surface area contributed by atoms with Gasteiger partial charge in [-0.15, -0.1) is 10.2 Å². The Hall–Kier alpha value is -2.59. The van der Waals surface area contributed by atoms with Crippen molar-refractivity contribution in [2.45, 2.75) is 38.0 Å². The summed E-state index contributed by atoms with van der Waals surface area (Å²) in [6.45, 7) is 4.86. The van der Waals surface area contributed by atoms with E-state index in [0.717, 1.165) is 11.3 Å². The average molecular weight is 409 g/mol. The van der Waals surface area contributed by atoms with Crippen LogP contribution in [0, 0.1) is 17.0 Å². The number of aryl methyl sites for hydroxylation is 1. The van der Waals surface area contributed by atoms with Crippen LogP contribution >= 0.6 is 23.4 Å². The molecule has 0 atom stereocenters. The van der Waals surface area contributed by atoms with Gasteiger partial charge in [0, 0.05) is 11.6 Å². The van der Waals surface area contributed by atoms with Crippen LogP contribution in [0.15, 0.2) is 35.7 Å². The monoisotopic (exact) mass is 408 g/mol. The zero-order valence-electron chi connectivity index (χ0n) is 14.7. The minimum atomic E-state index is -0.475. The highest BCUT2D eigenvalue weighted by atomic mass is 35.5. The Morgan fingerprint density at radius 1 is 1.37 bits per heavy atom. The molecule has 0 saturated heterocycles. The Labute approximate surface area is 164 Å². The lowest BCUT2D eigenvalue weighted by atomic mass is 10.2. The van der Waals surface area contributed by atoms with Crippen molar-refractivity contribution >= 4 is 29.1 Å². The lowest BCUT2D eigenvalue weighted by Crippen LogP contribution is -2.08. The van der Waals surface area contributed by atoms with Crippen LogP contribution in [0.25, 0.3) is 0 Å². The molecule has 3 aromatic rings. The number of ether oxygens (including phenoxy) is 1. The Morgan fingerprint density at radius 2 is 2.19 bits per heavy atom. The Kier molecular flexibility index (Phi) is 5.97. The second kappa shape index (κ2) is 8.40. The molecular formula is C16H17ClN6O3S. The second-order valence-electron chi connectivity index (χ2n) is 5.61. The molecule has 0 fully saturated rings. The number of nitro groups is 1. The largest absolute Gasteiger partial charge is 0.485 e. The van der Waals surface area contributed by atoms with E-state index >= 15 is 0 Å². The van der Waals surface area contributed by atoms with Crippen LogP contribution in [0.3, 0.4) is 0 Å². The van der Waals surface area contributed by atoms with E-state index in [2.05, 4.69) is 15.3 Å². The first-order chi connectivity index (χ1) is 13.0. The van der Waals surface area contributed by atoms with Crippen molar-refractivity contribution in [3.63, 3.8) is 0 Å². The maximum Gasteiger partial charge on any atom is 0.307 e. The van der Waals surface area contributed by atoms with Gasteiger partial charge in [0.15, 0.2) is 11.0 Å². The van der Waals surface area contributed by atoms with Gasteiger partial charge in [-0.1, -0.05) is 23.4 Å². The van der Waals surface area contributed by atoms with Gasteiger partial charge in [-0.3, -0.25) is 14.8 Å². The lowest BCUT2D eigenvalue weighted by molar-refractivity contribution is -0.385. The Balaban J connectivity index is 1.65. The van der Waals surface area contributed by atoms with Crippen LogP contribution in [-0.2, 0) is 19.0 Å². The average Bonchev–Trinajstić information content (AvgIpc) is 3.25. The predicted octanol–water partition coefficient (Wildman–Crippen LogP) is 3.69. The van der Waals surface area contributed by atoms with Gasteiger partial charge in [-0.2, -0.15) is 5.10 Å². The molecule has 0 spiro atoms. The molecule has 0 aliphatic rings. The molecule has 0 saturated carbocycles. The van der Waals surface area contributed by atoms with E-state index in [-0.39, 0.29) is 12.3 Å². The molecule has 0 unspecified atom stereocenters. The van der Waals surface area contributed by atoms with E-state index in [1.165, 1.54) is 28.8 Å². The van der Waals surface area contributed by atoms with Crippen molar-refractivity contribution in [1.82, 2.24) is 24.5 Å². The summed E-state index contributed by atoms with van der Waals surface area (Å²) in [4.78, 5) is 10.2. The van der Waals surface area contributed by atoms with Gasteiger partial charge in [0.25, 0.3) is 0 Å². The molecule has 0 N–H and O–H groups in total. The van der Waals surface area contributed by atoms with E-state index in [4.69, 9.17) is 16.3 Å². The normalized spacial score (nSPS) is 10.9. The number of nitrogens with zero attached hydrogens (tertiary/aromatic N) is 6. The van der Waals surface area contributed by atoms with E-state index in [0.29, 0.717) is 28.4 Å². The van der Waals surface area contributed by atoms with E-state index in [9.17, 15) is 10.1 Å². The van der Waals surface area contributed by atoms with E-state index < -0.39 is 4.92 Å². The highest BCUT2D eigenvalue weighted by Gasteiger charge is 2.14. The molecule has 2 heterocycles. The van der Waals surface area contributed by atoms with Crippen molar-refractivity contribution in [3.8, 4) is 5.75 Å². The SMILES string of the molecule is CCn1c(COc2ccc(Cl)cc2C)nnc1SCn1cc([N+](=O)[O-])cn1. The molecule has 2 aromatic heterocycles. The van der Waals surface area contributed by atoms with Crippen LogP contribution < -0.4 is 4.74 Å². The molecule has 0 aliphatic heterocycles. The molecule has 9 nitrogen and oxygen atoms in total. The molecule has 27 heavy (non-hydrogen) atoms. The Bertz CT molecular complexity index is 958. The summed E-state index contributed by atoms with van der Waals surface area (Å²) in [5, 5.41) is 24.4. The third-order valence-electron chi connectivity index (χ3n) is 3.76. The third-order valence-corrected chi connectivity index (χ3v) is 4.95. The van der Waals surface area contributed by atoms with Crippen molar-refractivity contribution in [3.05, 3.63) is 57.1 Å². The number of halogens is 1. The van der Waals surface area contributed by atoms with Gasteiger partial charge < -0.3 is 9.30 Å². The van der Waals surface area contributed by atoms with Crippen LogP contribution in [0.5, 0.6) is 5.75 Å². The number of hydrogen-bond acceptors (Lipinski definition) is 7. The van der Waals surface area contributed by atoms with Crippen molar-refractivity contribution in [1.29, 1.82) is 0 Å². The van der Waals surface area contributed by atoms with Gasteiger partial charge in [-0.05, 0) is 37.6 Å². The predicted molar refractivity (Wildman–Crippen MR) is 101 cm³/mol. The number of thioether (sulfide) groups is 1. The van der Waals surface area contributed by atoms with E-state index in [1.54, 1.807) is 6.07 Å². The highest BCUT2D eigenvalue weighted by molar-refractivity contribution is 7.98. The minimum absolute atomic E-state index is 0.0417. The molecule has 0 bridgehead atoms. The van der Waals surface area contributed by atoms with Gasteiger partial charge >= 0.3 is 5.69 Å². The first-order valence-electron chi connectivity index (χ1n) is 8.08. The van der Waals surface area contributed by atoms with Crippen molar-refractivity contribution in [2.75, 3.05) is 0 Å². The zero-order chi connectivity index (χ0) is 19.4. The van der Waals surface area contributed by atoms with Crippen molar-refractivity contribution < 1.29 is 9.66 Å². The van der Waals surface area contributed by atoms with Crippen molar-refractivity contribution in [2.24, 2.45) is 0 Å². The molecule has 0 amide bonds. The van der Waals surface area contributed by atoms with E-state index in [1.807, 2.05) is 30.5 Å². The quantitative estimate of drug-likeness (QED) is 0.318. The van der Waals surface area contributed by atoms with Gasteiger partial charge in [0.05, 0.1) is 10.8 Å². The molecule has 11 heteroatoms. The summed E-state index contributed by atoms with van der Waals surface area (Å²) in [5.41, 5.74) is 0.903. The number of aromatic nitrogens is 5. The topological polar surface area (TPSA) is 101 Å². The zero-order valence-corrected chi connectivity index (χ0v) is 16.3. The molecule has 0 radical (unpaired) electrons. The fraction of sp³-hybridized carbons (Fsp3) is 0.312. The smallest absolute Gasteiger partial charge is 0.307 e. The summed E-state index contributed by atoms with van der Waals surface area (Å²) in [7, 11) is 0. The number of rotatable bonds is 8. The van der Waals surface area contributed by atoms with Crippen LogP contribution in [0.1, 0.15) is 18.3 Å². The highest BCUT2D eigenvalue weighted by Crippen LogP contribution is 2.24. The molecule has 0 aliphatic carbocycles. The Morgan fingerprint density at radius 3 is 2.85 bits per heavy atom. The van der Waals surface area contributed by atoms with Gasteiger partial charge in [-0.25, -0.2) is 0 Å². The molecule has 3 rings (SSSR count). The summed E-state index contributed by atoms with van der Waals surface area (Å²) in [6, 6.07) is 5.44. The summed E-state index contributed by atoms with van der Waals surface area (Å²) >= 11 is 7.35. The first kappa shape index (κ1) is 19.2. The fourth-order valence-corrected chi connectivity index (χ4v) is 3.51. The maximum absolute atomic E-state index is 10.7. The second-order valence-corrected chi connectivity index (χ2v) is 6.96. The number of hydrogen-bond donors (Lipinski definition) is 0. The van der Waals surface area contributed by atoms with Crippen LogP contribution in [0.2, 0.25) is 5.02 Å². The molecule has 1 aromatic carbocycles. The lowest BCUT2D eigenvalue weighted by Gasteiger charge is -2.10. The standard InChI is InChI=1S/C16H17ClN6O3S/c1-3-22-15(9-26-14-5-4-12(17)6-11(14)2)19-20-16(22)27-10-21-8-13(7-18-21)23(24)25/h4-8H,3,9-10H2,1-2H3. The first-order valence-corrected chi connectivity index (χ1v) is 9.45. The number of benzene rings is 1. The van der Waals surface area contributed by atoms with Crippen LogP contribution in [0.4, 0.5) is 5.69 Å². The summed E-state index contributed by atoms with van der Waals surface area (Å²) in [5.74, 6) is 1.83. The summed E-state index contributed by atoms with van der Waals surface area (Å²) in [6.07, 6.45) is 2.60. The van der Waals surface area contributed by atoms with Gasteiger partial charge in [0.1, 0.15) is 24.8 Å². The molecule has 142 valence electrons. The summed E-state index contributed by atoms with van der Waals surface area (Å²) < 4.78 is 9.27. The van der Waals surface area contributed by atoms with Crippen LogP contribution in [-0.4, -0.2) is 29.5 Å². The minimum Gasteiger partial charge on any atom is -0.485 e. The fourth-order valence-electron chi connectivity index (χ4n) is 2.41. The maximum atomic E-state index is 10.7. The van der Waals surface area contributed by atoms with Gasteiger partial charge in [0.2, 0.25) is 0 Å². The third kappa shape index (κ3) is 4.58. The molecular weight excluding hydrogens is 392 g/mol.